The van der Waals surface area contributed by atoms with Crippen LogP contribution in [0.15, 0.2) is 33.8 Å². The summed E-state index contributed by atoms with van der Waals surface area (Å²) in [7, 11) is 0. The third-order valence-electron chi connectivity index (χ3n) is 2.53. The molecular formula is C11H8BrF3N2O2. The Kier molecular flexibility index (Phi) is 3.64. The van der Waals surface area contributed by atoms with Gasteiger partial charge in [0, 0.05) is 4.47 Å². The van der Waals surface area contributed by atoms with E-state index in [9.17, 15) is 18.0 Å². The first-order chi connectivity index (χ1) is 8.79. The molecule has 102 valence electrons. The van der Waals surface area contributed by atoms with Crippen LogP contribution in [-0.2, 0) is 6.54 Å². The Morgan fingerprint density at radius 1 is 1.42 bits per heavy atom. The zero-order valence-electron chi connectivity index (χ0n) is 9.36. The van der Waals surface area contributed by atoms with Gasteiger partial charge in [-0.25, -0.2) is 4.98 Å². The van der Waals surface area contributed by atoms with E-state index in [1.165, 1.54) is 6.07 Å². The van der Waals surface area contributed by atoms with Gasteiger partial charge in [0.05, 0.1) is 23.8 Å². The highest BCUT2D eigenvalue weighted by atomic mass is 79.9. The summed E-state index contributed by atoms with van der Waals surface area (Å²) in [6, 6.07) is 4.64. The molecule has 1 aromatic heterocycles. The summed E-state index contributed by atoms with van der Waals surface area (Å²) in [4.78, 5) is 15.8. The SMILES string of the molecule is O=c1c2ccc(Br)cc2ncn1CC(O)C(F)(F)F. The molecule has 19 heavy (non-hydrogen) atoms. The Morgan fingerprint density at radius 3 is 2.74 bits per heavy atom. The summed E-state index contributed by atoms with van der Waals surface area (Å²) >= 11 is 3.20. The van der Waals surface area contributed by atoms with E-state index in [0.29, 0.717) is 9.99 Å². The molecule has 0 aliphatic rings. The summed E-state index contributed by atoms with van der Waals surface area (Å²) in [6.07, 6.45) is -6.37. The van der Waals surface area contributed by atoms with Gasteiger partial charge in [-0.2, -0.15) is 13.2 Å². The molecule has 0 saturated heterocycles. The Bertz CT molecular complexity index is 669. The fourth-order valence-corrected chi connectivity index (χ4v) is 1.90. The monoisotopic (exact) mass is 336 g/mol. The van der Waals surface area contributed by atoms with Crippen LogP contribution in [0.5, 0.6) is 0 Å². The van der Waals surface area contributed by atoms with E-state index in [2.05, 4.69) is 20.9 Å². The molecule has 0 radical (unpaired) electrons. The van der Waals surface area contributed by atoms with Crippen molar-refractivity contribution in [3.05, 3.63) is 39.4 Å². The van der Waals surface area contributed by atoms with Gasteiger partial charge in [0.1, 0.15) is 0 Å². The lowest BCUT2D eigenvalue weighted by Gasteiger charge is -2.15. The maximum absolute atomic E-state index is 12.2. The molecule has 4 nitrogen and oxygen atoms in total. The smallest absolute Gasteiger partial charge is 0.382 e. The molecule has 0 amide bonds. The quantitative estimate of drug-likeness (QED) is 0.913. The van der Waals surface area contributed by atoms with Gasteiger partial charge in [0.15, 0.2) is 6.10 Å². The fourth-order valence-electron chi connectivity index (χ4n) is 1.55. The predicted octanol–water partition coefficient (Wildman–Crippen LogP) is 2.08. The van der Waals surface area contributed by atoms with Crippen molar-refractivity contribution in [2.24, 2.45) is 0 Å². The van der Waals surface area contributed by atoms with Gasteiger partial charge < -0.3 is 5.11 Å². The van der Waals surface area contributed by atoms with Crippen LogP contribution in [0, 0.1) is 0 Å². The molecule has 0 aliphatic heterocycles. The number of aliphatic hydroxyl groups is 1. The zero-order chi connectivity index (χ0) is 14.2. The second kappa shape index (κ2) is 4.93. The largest absolute Gasteiger partial charge is 0.416 e. The minimum absolute atomic E-state index is 0.195. The highest BCUT2D eigenvalue weighted by molar-refractivity contribution is 9.10. The van der Waals surface area contributed by atoms with Crippen LogP contribution in [-0.4, -0.2) is 26.9 Å². The van der Waals surface area contributed by atoms with Gasteiger partial charge >= 0.3 is 6.18 Å². The van der Waals surface area contributed by atoms with E-state index in [1.54, 1.807) is 12.1 Å². The average molecular weight is 337 g/mol. The molecule has 8 heteroatoms. The number of hydrogen-bond donors (Lipinski definition) is 1. The molecule has 0 aliphatic carbocycles. The van der Waals surface area contributed by atoms with Crippen LogP contribution >= 0.6 is 15.9 Å². The third-order valence-corrected chi connectivity index (χ3v) is 3.03. The van der Waals surface area contributed by atoms with E-state index in [1.807, 2.05) is 0 Å². The Labute approximate surface area is 113 Å². The summed E-state index contributed by atoms with van der Waals surface area (Å²) in [6.45, 7) is -0.874. The van der Waals surface area contributed by atoms with E-state index in [0.717, 1.165) is 10.9 Å². The van der Waals surface area contributed by atoms with Crippen LogP contribution in [0.2, 0.25) is 0 Å². The minimum atomic E-state index is -4.77. The van der Waals surface area contributed by atoms with Crippen molar-refractivity contribution in [1.29, 1.82) is 0 Å². The Morgan fingerprint density at radius 2 is 2.11 bits per heavy atom. The molecular weight excluding hydrogens is 329 g/mol. The fraction of sp³-hybridized carbons (Fsp3) is 0.273. The van der Waals surface area contributed by atoms with Gasteiger partial charge in [-0.15, -0.1) is 0 Å². The number of alkyl halides is 3. The van der Waals surface area contributed by atoms with Gasteiger partial charge in [-0.1, -0.05) is 15.9 Å². The van der Waals surface area contributed by atoms with Crippen molar-refractivity contribution in [3.8, 4) is 0 Å². The zero-order valence-corrected chi connectivity index (χ0v) is 10.9. The average Bonchev–Trinajstić information content (AvgIpc) is 2.31. The standard InChI is InChI=1S/C11H8BrF3N2O2/c12-6-1-2-7-8(3-6)16-5-17(10(7)19)4-9(18)11(13,14)15/h1-3,5,9,18H,4H2. The van der Waals surface area contributed by atoms with Crippen LogP contribution in [0.25, 0.3) is 10.9 Å². The molecule has 1 unspecified atom stereocenters. The van der Waals surface area contributed by atoms with Crippen molar-refractivity contribution >= 4 is 26.8 Å². The number of aliphatic hydroxyl groups excluding tert-OH is 1. The highest BCUT2D eigenvalue weighted by Gasteiger charge is 2.38. The summed E-state index contributed by atoms with van der Waals surface area (Å²) in [5, 5.41) is 9.15. The molecule has 0 spiro atoms. The lowest BCUT2D eigenvalue weighted by molar-refractivity contribution is -0.207. The maximum atomic E-state index is 12.2. The second-order valence-electron chi connectivity index (χ2n) is 3.92. The molecule has 1 N–H and O–H groups in total. The van der Waals surface area contributed by atoms with Crippen LogP contribution in [0.1, 0.15) is 0 Å². The first kappa shape index (κ1) is 14.0. The number of nitrogens with zero attached hydrogens (tertiary/aromatic N) is 2. The topological polar surface area (TPSA) is 55.1 Å². The number of fused-ring (bicyclic) bond motifs is 1. The van der Waals surface area contributed by atoms with Crippen LogP contribution in [0.3, 0.4) is 0 Å². The Balaban J connectivity index is 2.44. The number of rotatable bonds is 2. The maximum Gasteiger partial charge on any atom is 0.416 e. The normalized spacial score (nSPS) is 13.7. The van der Waals surface area contributed by atoms with Crippen molar-refractivity contribution in [1.82, 2.24) is 9.55 Å². The van der Waals surface area contributed by atoms with Gasteiger partial charge in [-0.3, -0.25) is 9.36 Å². The van der Waals surface area contributed by atoms with Crippen molar-refractivity contribution in [2.45, 2.75) is 18.8 Å². The highest BCUT2D eigenvalue weighted by Crippen LogP contribution is 2.21. The number of hydrogen-bond acceptors (Lipinski definition) is 3. The summed E-state index contributed by atoms with van der Waals surface area (Å²) in [5.74, 6) is 0. The molecule has 0 saturated carbocycles. The van der Waals surface area contributed by atoms with Crippen LogP contribution in [0.4, 0.5) is 13.2 Å². The Hall–Kier alpha value is -1.41. The van der Waals surface area contributed by atoms with Crippen molar-refractivity contribution in [2.75, 3.05) is 0 Å². The third kappa shape index (κ3) is 2.95. The number of aromatic nitrogens is 2. The molecule has 2 aromatic rings. The summed E-state index contributed by atoms with van der Waals surface area (Å²) in [5.41, 5.74) is -0.252. The van der Waals surface area contributed by atoms with E-state index in [4.69, 9.17) is 5.11 Å². The summed E-state index contributed by atoms with van der Waals surface area (Å²) < 4.78 is 38.2. The van der Waals surface area contributed by atoms with E-state index < -0.39 is 24.4 Å². The predicted molar refractivity (Wildman–Crippen MR) is 65.8 cm³/mol. The first-order valence-electron chi connectivity index (χ1n) is 5.18. The minimum Gasteiger partial charge on any atom is -0.382 e. The molecule has 1 aromatic carbocycles. The van der Waals surface area contributed by atoms with Crippen molar-refractivity contribution < 1.29 is 18.3 Å². The van der Waals surface area contributed by atoms with Gasteiger partial charge in [0.25, 0.3) is 5.56 Å². The number of halogens is 4. The van der Waals surface area contributed by atoms with Crippen LogP contribution < -0.4 is 5.56 Å². The molecule has 0 bridgehead atoms. The lowest BCUT2D eigenvalue weighted by Crippen LogP contribution is -2.36. The van der Waals surface area contributed by atoms with E-state index in [-0.39, 0.29) is 5.39 Å². The lowest BCUT2D eigenvalue weighted by atomic mass is 10.2. The molecule has 0 fully saturated rings. The van der Waals surface area contributed by atoms with Crippen molar-refractivity contribution in [3.63, 3.8) is 0 Å². The molecule has 2 rings (SSSR count). The first-order valence-corrected chi connectivity index (χ1v) is 5.98. The molecule has 1 atom stereocenters. The van der Waals surface area contributed by atoms with E-state index >= 15 is 0 Å². The van der Waals surface area contributed by atoms with Gasteiger partial charge in [-0.05, 0) is 18.2 Å². The molecule has 1 heterocycles. The van der Waals surface area contributed by atoms with Gasteiger partial charge in [0.2, 0.25) is 0 Å². The second-order valence-corrected chi connectivity index (χ2v) is 4.84. The number of benzene rings is 1.